The first-order chi connectivity index (χ1) is 10.2. The number of rotatable bonds is 5. The summed E-state index contributed by atoms with van der Waals surface area (Å²) < 4.78 is 5.08. The molecule has 0 aliphatic carbocycles. The average molecular weight is 283 g/mol. The number of nitrogens with zero attached hydrogens (tertiary/aromatic N) is 1. The van der Waals surface area contributed by atoms with E-state index in [2.05, 4.69) is 10.3 Å². The lowest BCUT2D eigenvalue weighted by Crippen LogP contribution is -2.20. The molecule has 0 radical (unpaired) electrons. The molecule has 1 amide bonds. The molecule has 5 nitrogen and oxygen atoms in total. The average Bonchev–Trinajstić information content (AvgIpc) is 2.52. The van der Waals surface area contributed by atoms with Gasteiger partial charge in [0.05, 0.1) is 25.0 Å². The summed E-state index contributed by atoms with van der Waals surface area (Å²) in [7, 11) is 1.56. The van der Waals surface area contributed by atoms with Gasteiger partial charge in [-0.15, -0.1) is 0 Å². The summed E-state index contributed by atoms with van der Waals surface area (Å²) in [6.45, 7) is 0.398. The number of benzene rings is 1. The molecule has 0 aliphatic rings. The Kier molecular flexibility index (Phi) is 4.93. The molecule has 0 atom stereocenters. The van der Waals surface area contributed by atoms with E-state index >= 15 is 0 Å². The van der Waals surface area contributed by atoms with Crippen LogP contribution in [-0.4, -0.2) is 18.0 Å². The topological polar surface area (TPSA) is 77.2 Å². The van der Waals surface area contributed by atoms with Crippen molar-refractivity contribution in [2.24, 2.45) is 0 Å². The van der Waals surface area contributed by atoms with Gasteiger partial charge in [-0.05, 0) is 35.9 Å². The fourth-order valence-electron chi connectivity index (χ4n) is 1.77. The number of nitrogens with one attached hydrogen (secondary N) is 1. The molecule has 108 valence electrons. The molecule has 5 heteroatoms. The molecule has 1 heterocycles. The second-order valence-electron chi connectivity index (χ2n) is 4.37. The van der Waals surface area contributed by atoms with Crippen LogP contribution in [0.3, 0.4) is 0 Å². The molecule has 1 aromatic carbocycles. The maximum absolute atomic E-state index is 11.7. The number of methoxy groups -OCH3 is 1. The summed E-state index contributed by atoms with van der Waals surface area (Å²) in [5.74, 6) is 0.432. The van der Waals surface area contributed by atoms with Crippen molar-refractivity contribution < 1.29 is 9.53 Å². The van der Waals surface area contributed by atoms with Crippen molar-refractivity contribution in [3.05, 3.63) is 59.9 Å². The Morgan fingerprint density at radius 1 is 1.38 bits per heavy atom. The van der Waals surface area contributed by atoms with Crippen molar-refractivity contribution >= 4 is 17.7 Å². The first-order valence-corrected chi connectivity index (χ1v) is 6.48. The van der Waals surface area contributed by atoms with E-state index in [1.165, 1.54) is 6.08 Å². The fourth-order valence-corrected chi connectivity index (χ4v) is 1.77. The smallest absolute Gasteiger partial charge is 0.244 e. The van der Waals surface area contributed by atoms with Gasteiger partial charge in [0.2, 0.25) is 5.91 Å². The lowest BCUT2D eigenvalue weighted by molar-refractivity contribution is -0.116. The van der Waals surface area contributed by atoms with Gasteiger partial charge in [0.15, 0.2) is 0 Å². The Morgan fingerprint density at radius 3 is 2.90 bits per heavy atom. The quantitative estimate of drug-likeness (QED) is 0.650. The summed E-state index contributed by atoms with van der Waals surface area (Å²) in [5.41, 5.74) is 7.99. The lowest BCUT2D eigenvalue weighted by atomic mass is 10.1. The van der Waals surface area contributed by atoms with Crippen LogP contribution >= 0.6 is 0 Å². The molecule has 0 spiro atoms. The fraction of sp³-hybridized carbons (Fsp3) is 0.125. The third-order valence-electron chi connectivity index (χ3n) is 2.85. The summed E-state index contributed by atoms with van der Waals surface area (Å²) >= 11 is 0. The van der Waals surface area contributed by atoms with E-state index < -0.39 is 0 Å². The van der Waals surface area contributed by atoms with Gasteiger partial charge in [-0.3, -0.25) is 9.78 Å². The van der Waals surface area contributed by atoms with E-state index in [9.17, 15) is 4.79 Å². The molecule has 0 bridgehead atoms. The number of carbonyl (C=O) groups excluding carboxylic acids is 1. The Labute approximate surface area is 123 Å². The maximum atomic E-state index is 11.7. The number of amides is 1. The number of anilines is 1. The molecule has 1 aromatic heterocycles. The van der Waals surface area contributed by atoms with Crippen LogP contribution in [0.15, 0.2) is 48.7 Å². The summed E-state index contributed by atoms with van der Waals surface area (Å²) in [4.78, 5) is 15.8. The third-order valence-corrected chi connectivity index (χ3v) is 2.85. The molecular formula is C16H17N3O2. The summed E-state index contributed by atoms with van der Waals surface area (Å²) in [6, 6.07) is 10.9. The third kappa shape index (κ3) is 4.35. The van der Waals surface area contributed by atoms with Crippen LogP contribution in [0.1, 0.15) is 11.3 Å². The highest BCUT2D eigenvalue weighted by atomic mass is 16.5. The minimum atomic E-state index is -0.185. The second-order valence-corrected chi connectivity index (χ2v) is 4.37. The molecular weight excluding hydrogens is 266 g/mol. The summed E-state index contributed by atoms with van der Waals surface area (Å²) in [6.07, 6.45) is 4.85. The van der Waals surface area contributed by atoms with Gasteiger partial charge >= 0.3 is 0 Å². The van der Waals surface area contributed by atoms with E-state index in [1.54, 1.807) is 31.5 Å². The van der Waals surface area contributed by atoms with Crippen LogP contribution in [0.4, 0.5) is 5.69 Å². The van der Waals surface area contributed by atoms with Crippen molar-refractivity contribution in [2.75, 3.05) is 12.8 Å². The van der Waals surface area contributed by atoms with Crippen LogP contribution < -0.4 is 15.8 Å². The number of hydrogen-bond donors (Lipinski definition) is 2. The highest BCUT2D eigenvalue weighted by Gasteiger charge is 2.00. The molecule has 0 unspecified atom stereocenters. The van der Waals surface area contributed by atoms with Crippen LogP contribution in [0.25, 0.3) is 6.08 Å². The summed E-state index contributed by atoms with van der Waals surface area (Å²) in [5, 5.41) is 2.76. The number of hydrogen-bond acceptors (Lipinski definition) is 4. The SMILES string of the molecule is COc1ccc(/C=C/C(=O)NCc2ccccn2)cc1N. The molecule has 3 N–H and O–H groups in total. The monoisotopic (exact) mass is 283 g/mol. The van der Waals surface area contributed by atoms with E-state index in [-0.39, 0.29) is 5.91 Å². The van der Waals surface area contributed by atoms with Crippen molar-refractivity contribution in [1.82, 2.24) is 10.3 Å². The van der Waals surface area contributed by atoms with Crippen molar-refractivity contribution in [1.29, 1.82) is 0 Å². The Balaban J connectivity index is 1.91. The Bertz CT molecular complexity index is 639. The van der Waals surface area contributed by atoms with Crippen LogP contribution in [0.5, 0.6) is 5.75 Å². The van der Waals surface area contributed by atoms with Gasteiger partial charge in [-0.2, -0.15) is 0 Å². The molecule has 0 saturated carbocycles. The minimum Gasteiger partial charge on any atom is -0.495 e. The van der Waals surface area contributed by atoms with Gasteiger partial charge in [-0.25, -0.2) is 0 Å². The zero-order valence-corrected chi connectivity index (χ0v) is 11.7. The highest BCUT2D eigenvalue weighted by Crippen LogP contribution is 2.22. The highest BCUT2D eigenvalue weighted by molar-refractivity contribution is 5.91. The van der Waals surface area contributed by atoms with Gasteiger partial charge in [0.25, 0.3) is 0 Å². The van der Waals surface area contributed by atoms with E-state index in [1.807, 2.05) is 24.3 Å². The van der Waals surface area contributed by atoms with Gasteiger partial charge in [-0.1, -0.05) is 12.1 Å². The molecule has 21 heavy (non-hydrogen) atoms. The van der Waals surface area contributed by atoms with Gasteiger partial charge in [0, 0.05) is 12.3 Å². The van der Waals surface area contributed by atoms with Crippen LogP contribution in [0.2, 0.25) is 0 Å². The molecule has 0 saturated heterocycles. The van der Waals surface area contributed by atoms with Crippen molar-refractivity contribution in [3.63, 3.8) is 0 Å². The molecule has 2 rings (SSSR count). The Morgan fingerprint density at radius 2 is 2.24 bits per heavy atom. The Hall–Kier alpha value is -2.82. The van der Waals surface area contributed by atoms with Crippen LogP contribution in [-0.2, 0) is 11.3 Å². The zero-order chi connectivity index (χ0) is 15.1. The van der Waals surface area contributed by atoms with E-state index in [4.69, 9.17) is 10.5 Å². The van der Waals surface area contributed by atoms with Gasteiger partial charge in [0.1, 0.15) is 5.75 Å². The second kappa shape index (κ2) is 7.09. The molecule has 2 aromatic rings. The first kappa shape index (κ1) is 14.6. The van der Waals surface area contributed by atoms with Crippen LogP contribution in [0, 0.1) is 0 Å². The zero-order valence-electron chi connectivity index (χ0n) is 11.7. The van der Waals surface area contributed by atoms with E-state index in [0.29, 0.717) is 18.0 Å². The number of nitrogens with two attached hydrogens (primary N) is 1. The number of carbonyl (C=O) groups is 1. The van der Waals surface area contributed by atoms with Gasteiger partial charge < -0.3 is 15.8 Å². The maximum Gasteiger partial charge on any atom is 0.244 e. The van der Waals surface area contributed by atoms with Crippen molar-refractivity contribution in [2.45, 2.75) is 6.54 Å². The number of ether oxygens (including phenoxy) is 1. The molecule has 0 aliphatic heterocycles. The number of pyridine rings is 1. The number of nitrogen functional groups attached to an aromatic ring is 1. The number of aromatic nitrogens is 1. The normalized spacial score (nSPS) is 10.5. The first-order valence-electron chi connectivity index (χ1n) is 6.48. The minimum absolute atomic E-state index is 0.185. The predicted molar refractivity (Wildman–Crippen MR) is 82.5 cm³/mol. The lowest BCUT2D eigenvalue weighted by Gasteiger charge is -2.04. The standard InChI is InChI=1S/C16H17N3O2/c1-21-15-7-5-12(10-14(15)17)6-8-16(20)19-11-13-4-2-3-9-18-13/h2-10H,11,17H2,1H3,(H,19,20)/b8-6+. The predicted octanol–water partition coefficient (Wildman–Crippen LogP) is 2.00. The van der Waals surface area contributed by atoms with E-state index in [0.717, 1.165) is 11.3 Å². The van der Waals surface area contributed by atoms with Crippen molar-refractivity contribution in [3.8, 4) is 5.75 Å². The molecule has 0 fully saturated rings. The largest absolute Gasteiger partial charge is 0.495 e.